The molecule has 6 heteroatoms. The second-order valence-corrected chi connectivity index (χ2v) is 5.51. The summed E-state index contributed by atoms with van der Waals surface area (Å²) >= 11 is 5.79. The fourth-order valence-electron chi connectivity index (χ4n) is 1.83. The summed E-state index contributed by atoms with van der Waals surface area (Å²) in [5.74, 6) is 0.843. The van der Waals surface area contributed by atoms with Crippen LogP contribution in [0.5, 0.6) is 0 Å². The largest absolute Gasteiger partial charge is 0.370 e. The first-order valence-corrected chi connectivity index (χ1v) is 7.19. The van der Waals surface area contributed by atoms with E-state index in [1.165, 1.54) is 5.56 Å². The highest BCUT2D eigenvalue weighted by molar-refractivity contribution is 14.0. The van der Waals surface area contributed by atoms with Crippen LogP contribution in [0.15, 0.2) is 47.6 Å². The van der Waals surface area contributed by atoms with E-state index in [0.717, 1.165) is 11.4 Å². The zero-order valence-corrected chi connectivity index (χ0v) is 15.7. The zero-order valence-electron chi connectivity index (χ0n) is 12.6. The van der Waals surface area contributed by atoms with Crippen molar-refractivity contribution in [2.45, 2.75) is 26.3 Å². The molecule has 118 valence electrons. The maximum atomic E-state index is 5.89. The number of guanidine groups is 1. The molecule has 0 radical (unpaired) electrons. The summed E-state index contributed by atoms with van der Waals surface area (Å²) in [6.45, 7) is 4.73. The van der Waals surface area contributed by atoms with E-state index < -0.39 is 0 Å². The quantitative estimate of drug-likeness (QED) is 0.429. The van der Waals surface area contributed by atoms with Gasteiger partial charge in [-0.1, -0.05) is 37.6 Å². The Kier molecular flexibility index (Phi) is 7.61. The van der Waals surface area contributed by atoms with Gasteiger partial charge < -0.3 is 11.1 Å². The first-order valence-electron chi connectivity index (χ1n) is 6.82. The van der Waals surface area contributed by atoms with E-state index in [-0.39, 0.29) is 24.0 Å². The molecule has 22 heavy (non-hydrogen) atoms. The van der Waals surface area contributed by atoms with Gasteiger partial charge in [-0.05, 0) is 35.7 Å². The molecule has 0 fully saturated rings. The van der Waals surface area contributed by atoms with Gasteiger partial charge in [0.25, 0.3) is 0 Å². The molecule has 0 saturated heterocycles. The van der Waals surface area contributed by atoms with E-state index >= 15 is 0 Å². The lowest BCUT2D eigenvalue weighted by Gasteiger charge is -2.09. The summed E-state index contributed by atoms with van der Waals surface area (Å²) in [7, 11) is 0. The number of hydrogen-bond acceptors (Lipinski definition) is 2. The summed E-state index contributed by atoms with van der Waals surface area (Å²) in [4.78, 5) is 8.44. The van der Waals surface area contributed by atoms with Crippen molar-refractivity contribution in [1.82, 2.24) is 4.98 Å². The highest BCUT2D eigenvalue weighted by Gasteiger charge is 2.01. The van der Waals surface area contributed by atoms with Crippen LogP contribution in [0.2, 0.25) is 5.02 Å². The normalized spacial score (nSPS) is 11.2. The molecular formula is C16H20ClIN4. The molecule has 3 N–H and O–H groups in total. The lowest BCUT2D eigenvalue weighted by molar-refractivity contribution is 0.867. The number of aliphatic imine (C=N–C) groups is 1. The Bertz CT molecular complexity index is 626. The molecule has 0 unspecified atom stereocenters. The molecule has 0 aliphatic rings. The Balaban J connectivity index is 0.00000242. The van der Waals surface area contributed by atoms with Crippen LogP contribution in [-0.4, -0.2) is 10.9 Å². The Hall–Kier alpha value is -1.34. The van der Waals surface area contributed by atoms with Gasteiger partial charge in [0.05, 0.1) is 17.3 Å². The molecule has 0 amide bonds. The van der Waals surface area contributed by atoms with Gasteiger partial charge in [-0.15, -0.1) is 24.0 Å². The standard InChI is InChI=1S/C16H19ClN4.HI/c1-11(2)12-4-3-5-14(8-12)21-16(18)20-10-15-7-6-13(17)9-19-15;/h3-9,11H,10H2,1-2H3,(H3,18,20,21);1H. The van der Waals surface area contributed by atoms with Crippen molar-refractivity contribution in [1.29, 1.82) is 0 Å². The Morgan fingerprint density at radius 3 is 2.73 bits per heavy atom. The molecule has 0 spiro atoms. The average molecular weight is 431 g/mol. The Labute approximate surface area is 153 Å². The van der Waals surface area contributed by atoms with Crippen molar-refractivity contribution < 1.29 is 0 Å². The predicted molar refractivity (Wildman–Crippen MR) is 104 cm³/mol. The van der Waals surface area contributed by atoms with E-state index in [1.54, 1.807) is 12.3 Å². The van der Waals surface area contributed by atoms with Crippen molar-refractivity contribution in [3.8, 4) is 0 Å². The summed E-state index contributed by atoms with van der Waals surface area (Å²) < 4.78 is 0. The molecule has 0 atom stereocenters. The lowest BCUT2D eigenvalue weighted by atomic mass is 10.0. The second kappa shape index (κ2) is 8.95. The average Bonchev–Trinajstić information content (AvgIpc) is 2.47. The number of rotatable bonds is 4. The minimum absolute atomic E-state index is 0. The fourth-order valence-corrected chi connectivity index (χ4v) is 1.94. The van der Waals surface area contributed by atoms with E-state index in [1.807, 2.05) is 18.2 Å². The molecule has 0 saturated carbocycles. The van der Waals surface area contributed by atoms with Crippen molar-refractivity contribution in [3.05, 3.63) is 58.9 Å². The number of hydrogen-bond donors (Lipinski definition) is 2. The number of pyridine rings is 1. The van der Waals surface area contributed by atoms with E-state index in [4.69, 9.17) is 17.3 Å². The topological polar surface area (TPSA) is 63.3 Å². The zero-order chi connectivity index (χ0) is 15.2. The maximum Gasteiger partial charge on any atom is 0.193 e. The van der Waals surface area contributed by atoms with Crippen LogP contribution >= 0.6 is 35.6 Å². The number of halogens is 2. The molecule has 2 aromatic rings. The number of nitrogens with zero attached hydrogens (tertiary/aromatic N) is 2. The van der Waals surface area contributed by atoms with Crippen LogP contribution in [0, 0.1) is 0 Å². The molecule has 1 aromatic carbocycles. The molecule has 4 nitrogen and oxygen atoms in total. The lowest BCUT2D eigenvalue weighted by Crippen LogP contribution is -2.22. The van der Waals surface area contributed by atoms with Gasteiger partial charge in [-0.3, -0.25) is 4.98 Å². The molecule has 0 aliphatic heterocycles. The van der Waals surface area contributed by atoms with Crippen LogP contribution in [0.25, 0.3) is 0 Å². The highest BCUT2D eigenvalue weighted by atomic mass is 127. The first-order chi connectivity index (χ1) is 10.0. The van der Waals surface area contributed by atoms with Crippen LogP contribution in [-0.2, 0) is 6.54 Å². The Morgan fingerprint density at radius 1 is 1.32 bits per heavy atom. The van der Waals surface area contributed by atoms with Crippen molar-refractivity contribution in [2.24, 2.45) is 10.7 Å². The highest BCUT2D eigenvalue weighted by Crippen LogP contribution is 2.18. The fraction of sp³-hybridized carbons (Fsp3) is 0.250. The first kappa shape index (κ1) is 18.7. The molecule has 1 aromatic heterocycles. The molecular weight excluding hydrogens is 411 g/mol. The number of nitrogens with one attached hydrogen (secondary N) is 1. The minimum atomic E-state index is 0. The third-order valence-electron chi connectivity index (χ3n) is 3.03. The van der Waals surface area contributed by atoms with Gasteiger partial charge in [0.15, 0.2) is 5.96 Å². The Morgan fingerprint density at radius 2 is 2.09 bits per heavy atom. The summed E-state index contributed by atoms with van der Waals surface area (Å²) in [6, 6.07) is 11.8. The van der Waals surface area contributed by atoms with E-state index in [9.17, 15) is 0 Å². The van der Waals surface area contributed by atoms with E-state index in [0.29, 0.717) is 23.4 Å². The predicted octanol–water partition coefficient (Wildman–Crippen LogP) is 4.40. The molecule has 0 aliphatic carbocycles. The molecule has 0 bridgehead atoms. The summed E-state index contributed by atoms with van der Waals surface area (Å²) in [5, 5.41) is 3.70. The van der Waals surface area contributed by atoms with Crippen molar-refractivity contribution >= 4 is 47.2 Å². The second-order valence-electron chi connectivity index (χ2n) is 5.07. The van der Waals surface area contributed by atoms with Crippen LogP contribution in [0.4, 0.5) is 5.69 Å². The number of anilines is 1. The van der Waals surface area contributed by atoms with Crippen molar-refractivity contribution in [2.75, 3.05) is 5.32 Å². The van der Waals surface area contributed by atoms with Gasteiger partial charge in [0.1, 0.15) is 0 Å². The van der Waals surface area contributed by atoms with Crippen molar-refractivity contribution in [3.63, 3.8) is 0 Å². The number of aromatic nitrogens is 1. The van der Waals surface area contributed by atoms with Crippen LogP contribution < -0.4 is 11.1 Å². The van der Waals surface area contributed by atoms with Gasteiger partial charge in [-0.2, -0.15) is 0 Å². The number of nitrogens with two attached hydrogens (primary N) is 1. The minimum Gasteiger partial charge on any atom is -0.370 e. The van der Waals surface area contributed by atoms with Crippen LogP contribution in [0.3, 0.4) is 0 Å². The third-order valence-corrected chi connectivity index (χ3v) is 3.25. The molecule has 2 rings (SSSR count). The molecule has 1 heterocycles. The van der Waals surface area contributed by atoms with Gasteiger partial charge in [0.2, 0.25) is 0 Å². The van der Waals surface area contributed by atoms with E-state index in [2.05, 4.69) is 41.3 Å². The number of benzene rings is 1. The summed E-state index contributed by atoms with van der Waals surface area (Å²) in [6.07, 6.45) is 1.60. The summed E-state index contributed by atoms with van der Waals surface area (Å²) in [5.41, 5.74) is 8.91. The smallest absolute Gasteiger partial charge is 0.193 e. The van der Waals surface area contributed by atoms with Gasteiger partial charge in [-0.25, -0.2) is 4.99 Å². The monoisotopic (exact) mass is 430 g/mol. The maximum absolute atomic E-state index is 5.89. The van der Waals surface area contributed by atoms with Gasteiger partial charge in [0, 0.05) is 11.9 Å². The van der Waals surface area contributed by atoms with Crippen LogP contribution in [0.1, 0.15) is 31.0 Å². The SMILES string of the molecule is CC(C)c1cccc(NC(N)=NCc2ccc(Cl)cn2)c1.I. The van der Waals surface area contributed by atoms with Gasteiger partial charge >= 0.3 is 0 Å². The third kappa shape index (κ3) is 5.81.